The summed E-state index contributed by atoms with van der Waals surface area (Å²) in [5.41, 5.74) is 2.02. The number of hydrogen-bond acceptors (Lipinski definition) is 3. The lowest BCUT2D eigenvalue weighted by atomic mass is 10.2. The van der Waals surface area contributed by atoms with E-state index in [9.17, 15) is 0 Å². The van der Waals surface area contributed by atoms with Crippen molar-refractivity contribution >= 4 is 33.2 Å². The van der Waals surface area contributed by atoms with E-state index in [-0.39, 0.29) is 0 Å². The molecule has 0 radical (unpaired) electrons. The highest BCUT2D eigenvalue weighted by Gasteiger charge is 2.14. The predicted molar refractivity (Wildman–Crippen MR) is 83.9 cm³/mol. The third-order valence-electron chi connectivity index (χ3n) is 3.00. The van der Waals surface area contributed by atoms with E-state index >= 15 is 0 Å². The molecule has 2 aromatic rings. The lowest BCUT2D eigenvalue weighted by Gasteiger charge is -2.20. The second kappa shape index (κ2) is 5.94. The zero-order chi connectivity index (χ0) is 13.9. The average molecular weight is 355 g/mol. The van der Waals surface area contributed by atoms with Crippen LogP contribution in [0.25, 0.3) is 0 Å². The van der Waals surface area contributed by atoms with E-state index in [0.717, 1.165) is 15.9 Å². The third-order valence-corrected chi connectivity index (χ3v) is 3.81. The lowest BCUT2D eigenvalue weighted by Crippen LogP contribution is -2.15. The van der Waals surface area contributed by atoms with Crippen LogP contribution in [-0.4, -0.2) is 13.2 Å². The summed E-state index contributed by atoms with van der Waals surface area (Å²) in [5.74, 6) is 1.44. The second-order valence-corrected chi connectivity index (χ2v) is 5.78. The highest BCUT2D eigenvalue weighted by molar-refractivity contribution is 9.10. The fraction of sp³-hybridized carbons (Fsp3) is 0.200. The molecule has 1 aliphatic heterocycles. The molecule has 0 saturated heterocycles. The molecule has 3 rings (SSSR count). The molecule has 0 saturated carbocycles. The van der Waals surface area contributed by atoms with Gasteiger partial charge in [-0.1, -0.05) is 39.7 Å². The van der Waals surface area contributed by atoms with E-state index in [0.29, 0.717) is 30.5 Å². The summed E-state index contributed by atoms with van der Waals surface area (Å²) in [5, 5.41) is 3.95. The second-order valence-electron chi connectivity index (χ2n) is 4.46. The van der Waals surface area contributed by atoms with Gasteiger partial charge in [-0.15, -0.1) is 0 Å². The Morgan fingerprint density at radius 1 is 1.10 bits per heavy atom. The van der Waals surface area contributed by atoms with Crippen molar-refractivity contribution in [2.24, 2.45) is 0 Å². The molecular formula is C15H13BrClNO2. The van der Waals surface area contributed by atoms with Gasteiger partial charge in [-0.25, -0.2) is 0 Å². The molecule has 1 heterocycles. The van der Waals surface area contributed by atoms with E-state index in [4.69, 9.17) is 21.1 Å². The van der Waals surface area contributed by atoms with Crippen LogP contribution < -0.4 is 14.8 Å². The third kappa shape index (κ3) is 3.02. The van der Waals surface area contributed by atoms with Gasteiger partial charge in [0.05, 0.1) is 10.7 Å². The minimum atomic E-state index is 0.564. The Kier molecular flexibility index (Phi) is 4.03. The van der Waals surface area contributed by atoms with Crippen LogP contribution in [0.5, 0.6) is 11.5 Å². The highest BCUT2D eigenvalue weighted by atomic mass is 79.9. The van der Waals surface area contributed by atoms with Crippen LogP contribution in [0, 0.1) is 0 Å². The van der Waals surface area contributed by atoms with Crippen LogP contribution >= 0.6 is 27.5 Å². The summed E-state index contributed by atoms with van der Waals surface area (Å²) in [6.45, 7) is 1.83. The number of fused-ring (bicyclic) bond motifs is 1. The van der Waals surface area contributed by atoms with Crippen LogP contribution in [0.15, 0.2) is 40.9 Å². The summed E-state index contributed by atoms with van der Waals surface area (Å²) in [6, 6.07) is 11.8. The molecule has 0 aliphatic carbocycles. The highest BCUT2D eigenvalue weighted by Crippen LogP contribution is 2.38. The summed E-state index contributed by atoms with van der Waals surface area (Å²) >= 11 is 9.71. The van der Waals surface area contributed by atoms with Crippen molar-refractivity contribution in [2.75, 3.05) is 18.5 Å². The smallest absolute Gasteiger partial charge is 0.163 e. The van der Waals surface area contributed by atoms with Crippen molar-refractivity contribution < 1.29 is 9.47 Å². The van der Waals surface area contributed by atoms with Gasteiger partial charge in [0, 0.05) is 23.2 Å². The number of benzene rings is 2. The first-order chi connectivity index (χ1) is 9.72. The average Bonchev–Trinajstić information content (AvgIpc) is 2.45. The van der Waals surface area contributed by atoms with Gasteiger partial charge in [-0.2, -0.15) is 0 Å². The molecule has 0 amide bonds. The van der Waals surface area contributed by atoms with Crippen LogP contribution in [0.3, 0.4) is 0 Å². The molecule has 3 nitrogen and oxygen atoms in total. The number of anilines is 1. The van der Waals surface area contributed by atoms with Gasteiger partial charge < -0.3 is 14.8 Å². The predicted octanol–water partition coefficient (Wildman–Crippen LogP) is 4.49. The monoisotopic (exact) mass is 353 g/mol. The van der Waals surface area contributed by atoms with Gasteiger partial charge >= 0.3 is 0 Å². The van der Waals surface area contributed by atoms with Crippen molar-refractivity contribution in [2.45, 2.75) is 6.54 Å². The van der Waals surface area contributed by atoms with Gasteiger partial charge in [0.15, 0.2) is 11.5 Å². The van der Waals surface area contributed by atoms with E-state index in [1.54, 1.807) is 6.07 Å². The number of rotatable bonds is 3. The number of nitrogens with one attached hydrogen (secondary N) is 1. The van der Waals surface area contributed by atoms with E-state index in [2.05, 4.69) is 33.4 Å². The molecule has 5 heteroatoms. The van der Waals surface area contributed by atoms with Gasteiger partial charge in [-0.3, -0.25) is 0 Å². The Morgan fingerprint density at radius 2 is 1.85 bits per heavy atom. The molecule has 2 aromatic carbocycles. The molecule has 1 aliphatic rings. The molecule has 0 atom stereocenters. The topological polar surface area (TPSA) is 30.5 Å². The fourth-order valence-electron chi connectivity index (χ4n) is 2.04. The Balaban J connectivity index is 1.77. The van der Waals surface area contributed by atoms with Crippen LogP contribution in [0.2, 0.25) is 5.02 Å². The van der Waals surface area contributed by atoms with Crippen LogP contribution in [0.1, 0.15) is 5.56 Å². The maximum Gasteiger partial charge on any atom is 0.163 e. The van der Waals surface area contributed by atoms with Crippen molar-refractivity contribution in [3.05, 3.63) is 51.5 Å². The molecule has 1 N–H and O–H groups in total. The maximum atomic E-state index is 6.25. The summed E-state index contributed by atoms with van der Waals surface area (Å²) in [4.78, 5) is 0. The largest absolute Gasteiger partial charge is 0.486 e. The Labute approximate surface area is 131 Å². The zero-order valence-electron chi connectivity index (χ0n) is 10.7. The van der Waals surface area contributed by atoms with Crippen LogP contribution in [-0.2, 0) is 6.54 Å². The SMILES string of the molecule is Clc1cc2c(cc1NCc1cccc(Br)c1)OCCO2. The molecule has 0 unspecified atom stereocenters. The van der Waals surface area contributed by atoms with Crippen LogP contribution in [0.4, 0.5) is 5.69 Å². The van der Waals surface area contributed by atoms with Crippen molar-refractivity contribution in [1.29, 1.82) is 0 Å². The molecular weight excluding hydrogens is 342 g/mol. The standard InChI is InChI=1S/C15H13BrClNO2/c16-11-3-1-2-10(6-11)9-18-13-8-15-14(7-12(13)17)19-4-5-20-15/h1-3,6-8,18H,4-5,9H2. The molecule has 20 heavy (non-hydrogen) atoms. The normalized spacial score (nSPS) is 13.1. The summed E-state index contributed by atoms with van der Waals surface area (Å²) in [7, 11) is 0. The first kappa shape index (κ1) is 13.6. The Morgan fingerprint density at radius 3 is 2.60 bits per heavy atom. The first-order valence-electron chi connectivity index (χ1n) is 6.30. The summed E-state index contributed by atoms with van der Waals surface area (Å²) in [6.07, 6.45) is 0. The Bertz CT molecular complexity index is 633. The quantitative estimate of drug-likeness (QED) is 0.881. The van der Waals surface area contributed by atoms with Gasteiger partial charge in [0.1, 0.15) is 13.2 Å². The van der Waals surface area contributed by atoms with Gasteiger partial charge in [-0.05, 0) is 17.7 Å². The number of hydrogen-bond donors (Lipinski definition) is 1. The minimum absolute atomic E-state index is 0.564. The minimum Gasteiger partial charge on any atom is -0.486 e. The van der Waals surface area contributed by atoms with Gasteiger partial charge in [0.2, 0.25) is 0 Å². The van der Waals surface area contributed by atoms with E-state index in [1.807, 2.05) is 18.2 Å². The molecule has 0 spiro atoms. The number of halogens is 2. The van der Waals surface area contributed by atoms with Crippen molar-refractivity contribution in [1.82, 2.24) is 0 Å². The molecule has 104 valence electrons. The Hall–Kier alpha value is -1.39. The van der Waals surface area contributed by atoms with Crippen molar-refractivity contribution in [3.63, 3.8) is 0 Å². The van der Waals surface area contributed by atoms with Gasteiger partial charge in [0.25, 0.3) is 0 Å². The first-order valence-corrected chi connectivity index (χ1v) is 7.47. The molecule has 0 fully saturated rings. The van der Waals surface area contributed by atoms with E-state index < -0.39 is 0 Å². The fourth-order valence-corrected chi connectivity index (χ4v) is 2.71. The zero-order valence-corrected chi connectivity index (χ0v) is 13.0. The summed E-state index contributed by atoms with van der Waals surface area (Å²) < 4.78 is 12.1. The lowest BCUT2D eigenvalue weighted by molar-refractivity contribution is 0.171. The molecule has 0 bridgehead atoms. The molecule has 0 aromatic heterocycles. The van der Waals surface area contributed by atoms with E-state index in [1.165, 1.54) is 5.56 Å². The maximum absolute atomic E-state index is 6.25. The number of ether oxygens (including phenoxy) is 2. The van der Waals surface area contributed by atoms with Crippen molar-refractivity contribution in [3.8, 4) is 11.5 Å².